The molecule has 3 heterocycles. The van der Waals surface area contributed by atoms with E-state index in [0.29, 0.717) is 30.5 Å². The van der Waals surface area contributed by atoms with Crippen molar-refractivity contribution in [2.24, 2.45) is 0 Å². The van der Waals surface area contributed by atoms with Crippen molar-refractivity contribution in [3.63, 3.8) is 0 Å². The van der Waals surface area contributed by atoms with Gasteiger partial charge in [-0.2, -0.15) is 10.2 Å². The lowest BCUT2D eigenvalue weighted by molar-refractivity contribution is 0.0621. The normalized spacial score (nSPS) is 15.0. The highest BCUT2D eigenvalue weighted by molar-refractivity contribution is 6.32. The summed E-state index contributed by atoms with van der Waals surface area (Å²) in [7, 11) is 0. The molecule has 1 aliphatic rings. The second kappa shape index (κ2) is 8.79. The molecule has 0 aliphatic carbocycles. The summed E-state index contributed by atoms with van der Waals surface area (Å²) in [6.45, 7) is 7.95. The zero-order valence-electron chi connectivity index (χ0n) is 17.1. The van der Waals surface area contributed by atoms with Crippen LogP contribution in [0, 0.1) is 13.8 Å². The monoisotopic (exact) mass is 446 g/mol. The molecule has 0 spiro atoms. The lowest BCUT2D eigenvalue weighted by atomic mass is 10.2. The van der Waals surface area contributed by atoms with Crippen LogP contribution in [0.5, 0.6) is 0 Å². The average Bonchev–Trinajstić information content (AvgIpc) is 3.31. The van der Waals surface area contributed by atoms with E-state index in [-0.39, 0.29) is 5.91 Å². The van der Waals surface area contributed by atoms with Gasteiger partial charge in [-0.15, -0.1) is 0 Å². The predicted molar refractivity (Wildman–Crippen MR) is 117 cm³/mol. The Kier molecular flexibility index (Phi) is 6.13. The fourth-order valence-electron chi connectivity index (χ4n) is 3.64. The molecule has 9 heteroatoms. The van der Waals surface area contributed by atoms with Gasteiger partial charge < -0.3 is 4.90 Å². The maximum Gasteiger partial charge on any atom is 0.274 e. The molecule has 7 nitrogen and oxygen atoms in total. The number of nitrogens with zero attached hydrogens (tertiary/aromatic N) is 6. The van der Waals surface area contributed by atoms with Crippen molar-refractivity contribution in [2.45, 2.75) is 27.1 Å². The Morgan fingerprint density at radius 2 is 1.77 bits per heavy atom. The lowest BCUT2D eigenvalue weighted by Gasteiger charge is -2.34. The lowest BCUT2D eigenvalue weighted by Crippen LogP contribution is -2.48. The number of piperazine rings is 1. The molecular formula is C21H24Cl2N6O. The van der Waals surface area contributed by atoms with E-state index < -0.39 is 0 Å². The number of amides is 1. The third kappa shape index (κ3) is 4.38. The molecule has 2 aromatic heterocycles. The molecule has 158 valence electrons. The molecule has 0 atom stereocenters. The highest BCUT2D eigenvalue weighted by Crippen LogP contribution is 2.20. The zero-order chi connectivity index (χ0) is 21.3. The molecule has 1 amide bonds. The quantitative estimate of drug-likeness (QED) is 0.601. The van der Waals surface area contributed by atoms with Gasteiger partial charge in [0.05, 0.1) is 16.4 Å². The van der Waals surface area contributed by atoms with Gasteiger partial charge in [-0.05, 0) is 31.5 Å². The number of aryl methyl sites for hydroxylation is 1. The van der Waals surface area contributed by atoms with Crippen LogP contribution in [0.4, 0.5) is 0 Å². The first-order chi connectivity index (χ1) is 14.4. The smallest absolute Gasteiger partial charge is 0.274 e. The number of benzene rings is 1. The minimum absolute atomic E-state index is 0.0439. The Bertz CT molecular complexity index is 1050. The Hall–Kier alpha value is -2.35. The van der Waals surface area contributed by atoms with Gasteiger partial charge in [0.1, 0.15) is 12.4 Å². The van der Waals surface area contributed by atoms with Gasteiger partial charge in [-0.1, -0.05) is 41.4 Å². The average molecular weight is 447 g/mol. The van der Waals surface area contributed by atoms with Crippen molar-refractivity contribution in [3.05, 3.63) is 69.2 Å². The first-order valence-corrected chi connectivity index (χ1v) is 10.7. The third-order valence-electron chi connectivity index (χ3n) is 5.44. The van der Waals surface area contributed by atoms with Crippen LogP contribution >= 0.6 is 23.2 Å². The second-order valence-corrected chi connectivity index (χ2v) is 8.31. The van der Waals surface area contributed by atoms with E-state index >= 15 is 0 Å². The maximum absolute atomic E-state index is 12.9. The van der Waals surface area contributed by atoms with Crippen molar-refractivity contribution >= 4 is 29.1 Å². The van der Waals surface area contributed by atoms with E-state index in [1.807, 2.05) is 43.0 Å². The molecule has 30 heavy (non-hydrogen) atoms. The number of halogens is 2. The Labute approximate surface area is 185 Å². The SMILES string of the molecule is Cc1nn(Cn2ccc(C(=O)N3CCN(Cc4ccccc4Cl)CC3)n2)c(C)c1Cl. The van der Waals surface area contributed by atoms with Gasteiger partial charge in [-0.3, -0.25) is 14.4 Å². The molecule has 1 saturated heterocycles. The highest BCUT2D eigenvalue weighted by Gasteiger charge is 2.24. The van der Waals surface area contributed by atoms with Crippen LogP contribution in [0.3, 0.4) is 0 Å². The van der Waals surface area contributed by atoms with Crippen LogP contribution in [0.1, 0.15) is 27.4 Å². The molecule has 0 radical (unpaired) electrons. The summed E-state index contributed by atoms with van der Waals surface area (Å²) >= 11 is 12.5. The minimum atomic E-state index is -0.0439. The Morgan fingerprint density at radius 1 is 1.03 bits per heavy atom. The molecule has 1 fully saturated rings. The number of hydrogen-bond acceptors (Lipinski definition) is 4. The van der Waals surface area contributed by atoms with Crippen molar-refractivity contribution in [3.8, 4) is 0 Å². The number of carbonyl (C=O) groups is 1. The van der Waals surface area contributed by atoms with Crippen LogP contribution in [0.25, 0.3) is 0 Å². The topological polar surface area (TPSA) is 59.2 Å². The number of rotatable bonds is 5. The molecule has 1 aliphatic heterocycles. The van der Waals surface area contributed by atoms with E-state index in [4.69, 9.17) is 23.2 Å². The molecule has 0 saturated carbocycles. The standard InChI is InChI=1S/C21H24Cl2N6O/c1-15-20(23)16(2)29(24-15)14-28-8-7-19(25-28)21(30)27-11-9-26(10-12-27)13-17-5-3-4-6-18(17)22/h3-8H,9-14H2,1-2H3. The first kappa shape index (κ1) is 20.9. The summed E-state index contributed by atoms with van der Waals surface area (Å²) in [6, 6.07) is 9.64. The summed E-state index contributed by atoms with van der Waals surface area (Å²) in [5.74, 6) is -0.0439. The molecular weight excluding hydrogens is 423 g/mol. The summed E-state index contributed by atoms with van der Waals surface area (Å²) < 4.78 is 3.49. The van der Waals surface area contributed by atoms with E-state index in [2.05, 4.69) is 15.1 Å². The van der Waals surface area contributed by atoms with Gasteiger partial charge in [0, 0.05) is 43.9 Å². The Morgan fingerprint density at radius 3 is 2.43 bits per heavy atom. The van der Waals surface area contributed by atoms with E-state index in [1.165, 1.54) is 0 Å². The van der Waals surface area contributed by atoms with Gasteiger partial charge in [0.2, 0.25) is 0 Å². The number of aromatic nitrogens is 4. The van der Waals surface area contributed by atoms with Gasteiger partial charge in [-0.25, -0.2) is 4.68 Å². The van der Waals surface area contributed by atoms with Crippen LogP contribution in [-0.4, -0.2) is 61.4 Å². The highest BCUT2D eigenvalue weighted by atomic mass is 35.5. The molecule has 1 aromatic carbocycles. The molecule has 0 bridgehead atoms. The predicted octanol–water partition coefficient (Wildman–Crippen LogP) is 3.47. The summed E-state index contributed by atoms with van der Waals surface area (Å²) in [4.78, 5) is 17.0. The van der Waals surface area contributed by atoms with Crippen LogP contribution in [0.15, 0.2) is 36.5 Å². The van der Waals surface area contributed by atoms with E-state index in [9.17, 15) is 4.79 Å². The first-order valence-electron chi connectivity index (χ1n) is 9.90. The van der Waals surface area contributed by atoms with Crippen molar-refractivity contribution in [2.75, 3.05) is 26.2 Å². The second-order valence-electron chi connectivity index (χ2n) is 7.53. The van der Waals surface area contributed by atoms with Gasteiger partial charge in [0.25, 0.3) is 5.91 Å². The largest absolute Gasteiger partial charge is 0.335 e. The minimum Gasteiger partial charge on any atom is -0.335 e. The summed E-state index contributed by atoms with van der Waals surface area (Å²) in [5.41, 5.74) is 3.23. The van der Waals surface area contributed by atoms with Crippen molar-refractivity contribution < 1.29 is 4.79 Å². The fourth-order valence-corrected chi connectivity index (χ4v) is 3.97. The van der Waals surface area contributed by atoms with Crippen molar-refractivity contribution in [1.82, 2.24) is 29.4 Å². The maximum atomic E-state index is 12.9. The van der Waals surface area contributed by atoms with Crippen molar-refractivity contribution in [1.29, 1.82) is 0 Å². The van der Waals surface area contributed by atoms with Gasteiger partial charge in [0.15, 0.2) is 0 Å². The van der Waals surface area contributed by atoms with Gasteiger partial charge >= 0.3 is 0 Å². The molecule has 0 N–H and O–H groups in total. The third-order valence-corrected chi connectivity index (χ3v) is 6.36. The molecule has 3 aromatic rings. The van der Waals surface area contributed by atoms with E-state index in [1.54, 1.807) is 21.6 Å². The Balaban J connectivity index is 1.34. The van der Waals surface area contributed by atoms with E-state index in [0.717, 1.165) is 41.6 Å². The molecule has 4 rings (SSSR count). The molecule has 0 unspecified atom stereocenters. The van der Waals surface area contributed by atoms with Crippen LogP contribution in [-0.2, 0) is 13.2 Å². The van der Waals surface area contributed by atoms with Crippen LogP contribution < -0.4 is 0 Å². The fraction of sp³-hybridized carbons (Fsp3) is 0.381. The zero-order valence-corrected chi connectivity index (χ0v) is 18.6. The summed E-state index contributed by atoms with van der Waals surface area (Å²) in [5, 5.41) is 10.3. The van der Waals surface area contributed by atoms with Crippen LogP contribution in [0.2, 0.25) is 10.0 Å². The number of hydrogen-bond donors (Lipinski definition) is 0. The summed E-state index contributed by atoms with van der Waals surface area (Å²) in [6.07, 6.45) is 1.80. The number of carbonyl (C=O) groups excluding carboxylic acids is 1.